The van der Waals surface area contributed by atoms with Crippen molar-refractivity contribution in [2.45, 2.75) is 13.1 Å². The number of carboxylic acid groups (broad SMARTS) is 1. The maximum Gasteiger partial charge on any atom is 0.490 e. The van der Waals surface area contributed by atoms with Crippen LogP contribution in [0.2, 0.25) is 0 Å². The van der Waals surface area contributed by atoms with Crippen LogP contribution in [0.15, 0.2) is 24.4 Å². The molecule has 0 fully saturated rings. The van der Waals surface area contributed by atoms with Crippen LogP contribution in [0.5, 0.6) is 0 Å². The van der Waals surface area contributed by atoms with Crippen molar-refractivity contribution in [3.05, 3.63) is 24.4 Å². The molecule has 1 rings (SSSR count). The average molecular weight is 254 g/mol. The Morgan fingerprint density at radius 1 is 1.35 bits per heavy atom. The monoisotopic (exact) mass is 254 g/mol. The number of carbonyl (C=O) groups excluding carboxylic acids is 1. The van der Waals surface area contributed by atoms with Crippen LogP contribution in [0.4, 0.5) is 13.2 Å². The van der Waals surface area contributed by atoms with Gasteiger partial charge in [0.2, 0.25) is 5.91 Å². The molecule has 1 heterocycles. The minimum Gasteiger partial charge on any atom is -0.475 e. The average Bonchev–Trinajstić information content (AvgIpc) is 2.19. The lowest BCUT2D eigenvalue weighted by Gasteiger charge is -1.94. The van der Waals surface area contributed by atoms with Crippen LogP contribution in [0.3, 0.4) is 0 Å². The molecule has 0 aromatic rings. The van der Waals surface area contributed by atoms with Gasteiger partial charge in [0, 0.05) is 13.5 Å². The van der Waals surface area contributed by atoms with Crippen LogP contribution < -0.4 is 11.1 Å². The van der Waals surface area contributed by atoms with Crippen LogP contribution in [0.1, 0.15) is 6.92 Å². The van der Waals surface area contributed by atoms with Gasteiger partial charge in [-0.1, -0.05) is 12.2 Å². The molecular formula is C9H13F3N2O3. The fourth-order valence-electron chi connectivity index (χ4n) is 0.406. The lowest BCUT2D eigenvalue weighted by atomic mass is 10.4. The highest BCUT2D eigenvalue weighted by atomic mass is 19.4. The number of carboxylic acids is 1. The van der Waals surface area contributed by atoms with E-state index in [0.717, 1.165) is 6.54 Å². The smallest absolute Gasteiger partial charge is 0.475 e. The first-order valence-corrected chi connectivity index (χ1v) is 4.29. The van der Waals surface area contributed by atoms with Crippen molar-refractivity contribution in [1.29, 1.82) is 0 Å². The van der Waals surface area contributed by atoms with Gasteiger partial charge in [-0.05, 0) is 12.3 Å². The van der Waals surface area contributed by atoms with E-state index >= 15 is 0 Å². The molecule has 0 saturated heterocycles. The van der Waals surface area contributed by atoms with Gasteiger partial charge < -0.3 is 16.2 Å². The molecule has 0 aliphatic carbocycles. The third-order valence-electron chi connectivity index (χ3n) is 0.939. The largest absolute Gasteiger partial charge is 0.490 e. The molecule has 0 aromatic heterocycles. The summed E-state index contributed by atoms with van der Waals surface area (Å²) in [5.41, 5.74) is 4.47. The number of nitrogens with one attached hydrogen (secondary N) is 1. The fourth-order valence-corrected chi connectivity index (χ4v) is 0.406. The van der Waals surface area contributed by atoms with E-state index in [0.29, 0.717) is 0 Å². The fraction of sp³-hybridized carbons (Fsp3) is 0.333. The highest BCUT2D eigenvalue weighted by molar-refractivity contribution is 5.73. The Morgan fingerprint density at radius 3 is 1.82 bits per heavy atom. The molecule has 0 aromatic carbocycles. The van der Waals surface area contributed by atoms with Gasteiger partial charge in [0.25, 0.3) is 0 Å². The number of carbonyl (C=O) groups is 2. The van der Waals surface area contributed by atoms with E-state index in [1.165, 1.54) is 6.92 Å². The second-order valence-corrected chi connectivity index (χ2v) is 2.61. The number of amides is 1. The predicted octanol–water partition coefficient (Wildman–Crippen LogP) is 0.784. The number of dihydropyridines is 1. The van der Waals surface area contributed by atoms with Crippen LogP contribution in [-0.2, 0) is 9.59 Å². The number of nitrogens with two attached hydrogens (primary N) is 1. The van der Waals surface area contributed by atoms with Crippen molar-refractivity contribution in [1.82, 2.24) is 5.32 Å². The number of aliphatic carboxylic acids is 1. The van der Waals surface area contributed by atoms with Gasteiger partial charge in [-0.2, -0.15) is 13.2 Å². The van der Waals surface area contributed by atoms with Crippen molar-refractivity contribution < 1.29 is 27.9 Å². The summed E-state index contributed by atoms with van der Waals surface area (Å²) in [4.78, 5) is 18.1. The topological polar surface area (TPSA) is 92.4 Å². The number of rotatable bonds is 0. The summed E-state index contributed by atoms with van der Waals surface area (Å²) in [7, 11) is 0. The Bertz CT molecular complexity index is 282. The first-order chi connectivity index (χ1) is 7.68. The summed E-state index contributed by atoms with van der Waals surface area (Å²) in [5, 5.41) is 10.1. The highest BCUT2D eigenvalue weighted by Crippen LogP contribution is 2.13. The number of alkyl halides is 3. The summed E-state index contributed by atoms with van der Waals surface area (Å²) >= 11 is 0. The van der Waals surface area contributed by atoms with E-state index in [1.807, 2.05) is 18.4 Å². The summed E-state index contributed by atoms with van der Waals surface area (Å²) < 4.78 is 31.7. The zero-order chi connectivity index (χ0) is 13.9. The summed E-state index contributed by atoms with van der Waals surface area (Å²) in [6, 6.07) is 0. The minimum absolute atomic E-state index is 0.333. The predicted molar refractivity (Wildman–Crippen MR) is 54.8 cm³/mol. The van der Waals surface area contributed by atoms with E-state index in [1.54, 1.807) is 0 Å². The number of halogens is 3. The lowest BCUT2D eigenvalue weighted by molar-refractivity contribution is -0.192. The van der Waals surface area contributed by atoms with Gasteiger partial charge in [0.05, 0.1) is 0 Å². The maximum absolute atomic E-state index is 10.6. The second kappa shape index (κ2) is 9.25. The van der Waals surface area contributed by atoms with Crippen LogP contribution in [0, 0.1) is 0 Å². The third-order valence-corrected chi connectivity index (χ3v) is 0.939. The van der Waals surface area contributed by atoms with Crippen LogP contribution in [-0.4, -0.2) is 29.7 Å². The van der Waals surface area contributed by atoms with Crippen molar-refractivity contribution in [2.24, 2.45) is 5.73 Å². The number of hydrogen-bond acceptors (Lipinski definition) is 3. The summed E-state index contributed by atoms with van der Waals surface area (Å²) in [6.45, 7) is 2.29. The van der Waals surface area contributed by atoms with Crippen molar-refractivity contribution in [3.8, 4) is 0 Å². The van der Waals surface area contributed by atoms with Gasteiger partial charge in [0.15, 0.2) is 0 Å². The molecule has 1 amide bonds. The number of hydrogen-bond donors (Lipinski definition) is 3. The van der Waals surface area contributed by atoms with E-state index in [2.05, 4.69) is 17.1 Å². The second-order valence-electron chi connectivity index (χ2n) is 2.61. The molecule has 0 radical (unpaired) electrons. The molecule has 1 aliphatic heterocycles. The SMILES string of the molecule is C1=CCNC=C1.CC(N)=O.O=C(O)C(F)(F)F. The molecular weight excluding hydrogens is 241 g/mol. The summed E-state index contributed by atoms with van der Waals surface area (Å²) in [6.07, 6.45) is 2.92. The Hall–Kier alpha value is -1.99. The molecule has 17 heavy (non-hydrogen) atoms. The van der Waals surface area contributed by atoms with Crippen LogP contribution >= 0.6 is 0 Å². The quantitative estimate of drug-likeness (QED) is 0.595. The zero-order valence-electron chi connectivity index (χ0n) is 8.99. The van der Waals surface area contributed by atoms with Crippen LogP contribution in [0.25, 0.3) is 0 Å². The maximum atomic E-state index is 10.6. The molecule has 1 aliphatic rings. The molecule has 0 spiro atoms. The molecule has 4 N–H and O–H groups in total. The van der Waals surface area contributed by atoms with E-state index in [9.17, 15) is 18.0 Å². The normalized spacial score (nSPS) is 12.2. The van der Waals surface area contributed by atoms with Crippen molar-refractivity contribution in [2.75, 3.05) is 6.54 Å². The van der Waals surface area contributed by atoms with Crippen molar-refractivity contribution >= 4 is 11.9 Å². The standard InChI is InChI=1S/C5H7N.C2HF3O2.C2H5NO/c1-2-4-6-5-3-1;3-2(4,5)1(6)7;1-2(3)4/h1-4,6H,5H2;(H,6,7);1H3,(H2,3,4). The van der Waals surface area contributed by atoms with Gasteiger partial charge in [0.1, 0.15) is 0 Å². The molecule has 98 valence electrons. The Labute approximate surface area is 95.8 Å². The minimum atomic E-state index is -5.08. The Balaban J connectivity index is 0. The summed E-state index contributed by atoms with van der Waals surface area (Å²) in [5.74, 6) is -3.09. The van der Waals surface area contributed by atoms with Gasteiger partial charge in [-0.3, -0.25) is 4.79 Å². The molecule has 0 saturated carbocycles. The van der Waals surface area contributed by atoms with E-state index < -0.39 is 12.1 Å². The van der Waals surface area contributed by atoms with E-state index in [-0.39, 0.29) is 5.91 Å². The Morgan fingerprint density at radius 2 is 1.76 bits per heavy atom. The first-order valence-electron chi connectivity index (χ1n) is 4.29. The highest BCUT2D eigenvalue weighted by Gasteiger charge is 2.38. The van der Waals surface area contributed by atoms with Gasteiger partial charge in [-0.25, -0.2) is 4.79 Å². The molecule has 0 bridgehead atoms. The van der Waals surface area contributed by atoms with E-state index in [4.69, 9.17) is 9.90 Å². The van der Waals surface area contributed by atoms with Gasteiger partial charge >= 0.3 is 12.1 Å². The third kappa shape index (κ3) is 20.2. The molecule has 0 unspecified atom stereocenters. The van der Waals surface area contributed by atoms with Gasteiger partial charge in [-0.15, -0.1) is 0 Å². The number of primary amides is 1. The Kier molecular flexibility index (Phi) is 9.47. The first kappa shape index (κ1) is 17.4. The zero-order valence-corrected chi connectivity index (χ0v) is 8.99. The number of allylic oxidation sites excluding steroid dienone is 2. The lowest BCUT2D eigenvalue weighted by Crippen LogP contribution is -2.21. The molecule has 0 atom stereocenters. The molecule has 8 heteroatoms. The molecule has 5 nitrogen and oxygen atoms in total. The van der Waals surface area contributed by atoms with Crippen molar-refractivity contribution in [3.63, 3.8) is 0 Å².